The van der Waals surface area contributed by atoms with Crippen LogP contribution in [-0.2, 0) is 0 Å². The molecular weight excluding hydrogens is 270 g/mol. The van der Waals surface area contributed by atoms with Gasteiger partial charge in [-0.15, -0.1) is 11.3 Å². The summed E-state index contributed by atoms with van der Waals surface area (Å²) in [4.78, 5) is 14.3. The summed E-state index contributed by atoms with van der Waals surface area (Å²) in [6, 6.07) is 1.78. The molecule has 2 aromatic rings. The van der Waals surface area contributed by atoms with E-state index < -0.39 is 5.97 Å². The molecule has 14 heavy (non-hydrogen) atoms. The minimum absolute atomic E-state index is 0.272. The summed E-state index contributed by atoms with van der Waals surface area (Å²) in [5.41, 5.74) is -0.313. The molecule has 0 aliphatic carbocycles. The number of aromatic nitrogens is 1. The fourth-order valence-corrected chi connectivity index (χ4v) is 2.65. The number of rotatable bonds is 1. The van der Waals surface area contributed by atoms with Crippen molar-refractivity contribution in [2.75, 3.05) is 0 Å². The van der Waals surface area contributed by atoms with Crippen molar-refractivity contribution in [3.8, 4) is 5.75 Å². The number of fused-ring (bicyclic) bond motifs is 1. The van der Waals surface area contributed by atoms with Crippen LogP contribution in [0.2, 0.25) is 0 Å². The van der Waals surface area contributed by atoms with Crippen LogP contribution in [0.15, 0.2) is 16.0 Å². The molecule has 0 aromatic carbocycles. The first-order valence-corrected chi connectivity index (χ1v) is 5.21. The average Bonchev–Trinajstić information content (AvgIpc) is 2.46. The fourth-order valence-electron chi connectivity index (χ4n) is 1.11. The van der Waals surface area contributed by atoms with E-state index >= 15 is 0 Å². The van der Waals surface area contributed by atoms with Gasteiger partial charge >= 0.3 is 5.97 Å². The molecule has 0 unspecified atom stereocenters. The van der Waals surface area contributed by atoms with Gasteiger partial charge in [0, 0.05) is 11.6 Å². The van der Waals surface area contributed by atoms with E-state index in [-0.39, 0.29) is 11.4 Å². The lowest BCUT2D eigenvalue weighted by Crippen LogP contribution is -1.99. The number of carboxylic acids is 1. The first-order valence-electron chi connectivity index (χ1n) is 3.60. The van der Waals surface area contributed by atoms with E-state index in [0.29, 0.717) is 4.70 Å². The molecule has 2 aromatic heterocycles. The summed E-state index contributed by atoms with van der Waals surface area (Å²) in [5, 5.41) is 19.0. The fraction of sp³-hybridized carbons (Fsp3) is 0. The van der Waals surface area contributed by atoms with Crippen molar-refractivity contribution in [2.45, 2.75) is 0 Å². The lowest BCUT2D eigenvalue weighted by atomic mass is 10.3. The minimum Gasteiger partial charge on any atom is -0.504 e. The maximum absolute atomic E-state index is 10.6. The summed E-state index contributed by atoms with van der Waals surface area (Å²) in [7, 11) is 0. The Balaban J connectivity index is 2.80. The van der Waals surface area contributed by atoms with Gasteiger partial charge in [-0.2, -0.15) is 0 Å². The molecule has 4 nitrogen and oxygen atoms in total. The Bertz CT molecular complexity index is 523. The van der Waals surface area contributed by atoms with Crippen molar-refractivity contribution in [1.29, 1.82) is 0 Å². The maximum Gasteiger partial charge on any atom is 0.358 e. The van der Waals surface area contributed by atoms with E-state index in [9.17, 15) is 9.90 Å². The van der Waals surface area contributed by atoms with E-state index in [1.807, 2.05) is 0 Å². The second-order valence-electron chi connectivity index (χ2n) is 2.60. The van der Waals surface area contributed by atoms with Gasteiger partial charge < -0.3 is 10.2 Å². The number of nitrogens with zero attached hydrogens (tertiary/aromatic N) is 1. The molecule has 2 rings (SSSR count). The summed E-state index contributed by atoms with van der Waals surface area (Å²) >= 11 is 4.53. The highest BCUT2D eigenvalue weighted by Crippen LogP contribution is 2.36. The van der Waals surface area contributed by atoms with Gasteiger partial charge in [0.05, 0.1) is 8.49 Å². The summed E-state index contributed by atoms with van der Waals surface area (Å²) in [6.07, 6.45) is 1.43. The summed E-state index contributed by atoms with van der Waals surface area (Å²) in [5.74, 6) is -1.50. The zero-order valence-electron chi connectivity index (χ0n) is 6.69. The number of hydrogen-bond donors (Lipinski definition) is 2. The van der Waals surface area contributed by atoms with E-state index in [1.165, 1.54) is 17.5 Å². The predicted octanol–water partition coefficient (Wildman–Crippen LogP) is 2.46. The first-order chi connectivity index (χ1) is 6.59. The van der Waals surface area contributed by atoms with Gasteiger partial charge in [-0.1, -0.05) is 0 Å². The molecule has 0 saturated heterocycles. The van der Waals surface area contributed by atoms with Crippen molar-refractivity contribution in [3.05, 3.63) is 21.7 Å². The number of halogens is 1. The molecule has 0 spiro atoms. The molecule has 6 heteroatoms. The molecular formula is C8H4BrNO3S. The van der Waals surface area contributed by atoms with E-state index in [4.69, 9.17) is 5.11 Å². The van der Waals surface area contributed by atoms with Crippen LogP contribution in [0.4, 0.5) is 0 Å². The molecule has 72 valence electrons. The van der Waals surface area contributed by atoms with Crippen LogP contribution in [0, 0.1) is 0 Å². The number of carbonyl (C=O) groups is 1. The molecule has 0 aliphatic rings. The van der Waals surface area contributed by atoms with Crippen LogP contribution in [0.25, 0.3) is 10.1 Å². The quantitative estimate of drug-likeness (QED) is 0.838. The van der Waals surface area contributed by atoms with Crippen molar-refractivity contribution in [1.82, 2.24) is 4.98 Å². The molecule has 0 aliphatic heterocycles. The van der Waals surface area contributed by atoms with Gasteiger partial charge in [-0.05, 0) is 22.0 Å². The van der Waals surface area contributed by atoms with Crippen LogP contribution in [0.3, 0.4) is 0 Å². The highest BCUT2D eigenvalue weighted by Gasteiger charge is 2.15. The van der Waals surface area contributed by atoms with Crippen molar-refractivity contribution < 1.29 is 15.0 Å². The second-order valence-corrected chi connectivity index (χ2v) is 5.03. The smallest absolute Gasteiger partial charge is 0.358 e. The number of carboxylic acid groups (broad SMARTS) is 1. The average molecular weight is 274 g/mol. The van der Waals surface area contributed by atoms with Crippen LogP contribution in [-0.4, -0.2) is 21.2 Å². The van der Waals surface area contributed by atoms with Crippen molar-refractivity contribution in [3.63, 3.8) is 0 Å². The number of hydrogen-bond acceptors (Lipinski definition) is 4. The van der Waals surface area contributed by atoms with Gasteiger partial charge in [0.1, 0.15) is 0 Å². The molecule has 0 saturated carbocycles. The Hall–Kier alpha value is -1.14. The number of pyridine rings is 1. The van der Waals surface area contributed by atoms with Gasteiger partial charge in [0.2, 0.25) is 0 Å². The molecule has 0 radical (unpaired) electrons. The van der Waals surface area contributed by atoms with Gasteiger partial charge in [-0.25, -0.2) is 9.78 Å². The minimum atomic E-state index is -1.23. The Morgan fingerprint density at radius 2 is 2.29 bits per heavy atom. The predicted molar refractivity (Wildman–Crippen MR) is 55.9 cm³/mol. The highest BCUT2D eigenvalue weighted by molar-refractivity contribution is 9.11. The van der Waals surface area contributed by atoms with E-state index in [0.717, 1.165) is 9.17 Å². The standard InChI is InChI=1S/C8H4BrNO3S/c9-4-1-3-2-10-5(8(12)13)6(11)7(3)14-4/h1-2,11H,(H,12,13). The normalized spacial score (nSPS) is 10.6. The summed E-state index contributed by atoms with van der Waals surface area (Å²) < 4.78 is 1.36. The Morgan fingerprint density at radius 3 is 2.93 bits per heavy atom. The molecule has 0 atom stereocenters. The van der Waals surface area contributed by atoms with Crippen LogP contribution >= 0.6 is 27.3 Å². The van der Waals surface area contributed by atoms with E-state index in [2.05, 4.69) is 20.9 Å². The van der Waals surface area contributed by atoms with Crippen LogP contribution < -0.4 is 0 Å². The van der Waals surface area contributed by atoms with Crippen LogP contribution in [0.5, 0.6) is 5.75 Å². The zero-order chi connectivity index (χ0) is 10.3. The third-order valence-corrected chi connectivity index (χ3v) is 3.37. The molecule has 0 amide bonds. The van der Waals surface area contributed by atoms with Gasteiger partial charge in [-0.3, -0.25) is 0 Å². The summed E-state index contributed by atoms with van der Waals surface area (Å²) in [6.45, 7) is 0. The Morgan fingerprint density at radius 1 is 1.57 bits per heavy atom. The van der Waals surface area contributed by atoms with Crippen molar-refractivity contribution in [2.24, 2.45) is 0 Å². The molecule has 2 heterocycles. The SMILES string of the molecule is O=C(O)c1ncc2cc(Br)sc2c1O. The van der Waals surface area contributed by atoms with Gasteiger partial charge in [0.25, 0.3) is 0 Å². The largest absolute Gasteiger partial charge is 0.504 e. The van der Waals surface area contributed by atoms with Gasteiger partial charge in [0.15, 0.2) is 11.4 Å². The maximum atomic E-state index is 10.6. The topological polar surface area (TPSA) is 70.4 Å². The number of aromatic carboxylic acids is 1. The lowest BCUT2D eigenvalue weighted by Gasteiger charge is -1.98. The first kappa shape index (κ1) is 9.42. The molecule has 0 bridgehead atoms. The monoisotopic (exact) mass is 273 g/mol. The lowest BCUT2D eigenvalue weighted by molar-refractivity contribution is 0.0687. The number of thiophene rings is 1. The third kappa shape index (κ3) is 1.36. The van der Waals surface area contributed by atoms with Crippen molar-refractivity contribution >= 4 is 43.3 Å². The second kappa shape index (κ2) is 3.21. The van der Waals surface area contributed by atoms with Crippen LogP contribution in [0.1, 0.15) is 10.5 Å². The highest BCUT2D eigenvalue weighted by atomic mass is 79.9. The Kier molecular flexibility index (Phi) is 2.16. The Labute approximate surface area is 91.0 Å². The number of aromatic hydroxyl groups is 1. The molecule has 2 N–H and O–H groups in total. The zero-order valence-corrected chi connectivity index (χ0v) is 9.09. The van der Waals surface area contributed by atoms with E-state index in [1.54, 1.807) is 6.07 Å². The molecule has 0 fully saturated rings. The third-order valence-electron chi connectivity index (χ3n) is 1.71.